The Morgan fingerprint density at radius 3 is 2.27 bits per heavy atom. The average Bonchev–Trinajstić information content (AvgIpc) is 3.11. The van der Waals surface area contributed by atoms with Gasteiger partial charge in [-0.3, -0.25) is 9.48 Å². The molecule has 0 amide bonds. The van der Waals surface area contributed by atoms with E-state index in [0.29, 0.717) is 22.5 Å². The van der Waals surface area contributed by atoms with Crippen molar-refractivity contribution in [2.24, 2.45) is 5.14 Å². The number of nitrogens with two attached hydrogens (primary N) is 1. The number of carbonyl (C=O) groups excluding carboxylic acids is 1. The molecule has 2 heterocycles. The van der Waals surface area contributed by atoms with Gasteiger partial charge in [-0.15, -0.1) is 0 Å². The third kappa shape index (κ3) is 3.17. The maximum Gasteiger partial charge on any atom is 0.238 e. The van der Waals surface area contributed by atoms with Gasteiger partial charge in [-0.2, -0.15) is 5.10 Å². The number of benzene rings is 1. The highest BCUT2D eigenvalue weighted by atomic mass is 32.2. The van der Waals surface area contributed by atoms with E-state index in [1.54, 1.807) is 43.1 Å². The Bertz CT molecular complexity index is 999. The molecular formula is C18H21N3O4S. The highest BCUT2D eigenvalue weighted by Crippen LogP contribution is 2.41. The molecule has 0 aliphatic carbocycles. The SMILES string of the molecule is CC(C)n1cc(C2=C(c3ccc(S(N)(=O)=O)cc3)OC(C)(C)C2=O)cn1. The summed E-state index contributed by atoms with van der Waals surface area (Å²) in [6.45, 7) is 7.39. The normalized spacial score (nSPS) is 17.1. The minimum atomic E-state index is -3.79. The lowest BCUT2D eigenvalue weighted by atomic mass is 9.94. The predicted molar refractivity (Wildman–Crippen MR) is 97.4 cm³/mol. The molecule has 3 rings (SSSR count). The number of sulfonamides is 1. The zero-order valence-electron chi connectivity index (χ0n) is 15.1. The van der Waals surface area contributed by atoms with Gasteiger partial charge in [0.05, 0.1) is 16.7 Å². The van der Waals surface area contributed by atoms with Gasteiger partial charge in [0.2, 0.25) is 15.8 Å². The molecule has 2 aromatic rings. The van der Waals surface area contributed by atoms with E-state index in [1.165, 1.54) is 12.1 Å². The van der Waals surface area contributed by atoms with Crippen molar-refractivity contribution >= 4 is 27.1 Å². The van der Waals surface area contributed by atoms with Crippen molar-refractivity contribution in [2.75, 3.05) is 0 Å². The van der Waals surface area contributed by atoms with Crippen LogP contribution in [0.1, 0.15) is 44.9 Å². The molecule has 0 spiro atoms. The third-order valence-electron chi connectivity index (χ3n) is 4.22. The topological polar surface area (TPSA) is 104 Å². The fourth-order valence-corrected chi connectivity index (χ4v) is 3.28. The number of aromatic nitrogens is 2. The second-order valence-electron chi connectivity index (χ2n) is 7.02. The van der Waals surface area contributed by atoms with Gasteiger partial charge in [-0.05, 0) is 52.0 Å². The highest BCUT2D eigenvalue weighted by Gasteiger charge is 2.43. The predicted octanol–water partition coefficient (Wildman–Crippen LogP) is 2.36. The Morgan fingerprint density at radius 2 is 1.77 bits per heavy atom. The first kappa shape index (κ1) is 18.3. The lowest BCUT2D eigenvalue weighted by molar-refractivity contribution is -0.125. The summed E-state index contributed by atoms with van der Waals surface area (Å²) in [5.74, 6) is 0.260. The zero-order valence-corrected chi connectivity index (χ0v) is 15.9. The molecule has 26 heavy (non-hydrogen) atoms. The standard InChI is InChI=1S/C18H21N3O4S/c1-11(2)21-10-13(9-20-21)15-16(25-18(3,4)17(15)22)12-5-7-14(8-6-12)26(19,23)24/h5-11H,1-4H3,(H2,19,23,24). The molecule has 0 saturated heterocycles. The van der Waals surface area contributed by atoms with Crippen LogP contribution in [0.2, 0.25) is 0 Å². The number of rotatable bonds is 4. The summed E-state index contributed by atoms with van der Waals surface area (Å²) in [7, 11) is -3.79. The van der Waals surface area contributed by atoms with Crippen molar-refractivity contribution in [2.45, 2.75) is 44.2 Å². The van der Waals surface area contributed by atoms with Crippen LogP contribution in [0.15, 0.2) is 41.6 Å². The van der Waals surface area contributed by atoms with Gasteiger partial charge in [-0.1, -0.05) is 0 Å². The van der Waals surface area contributed by atoms with Crippen LogP contribution in [0.25, 0.3) is 11.3 Å². The number of nitrogens with zero attached hydrogens (tertiary/aromatic N) is 2. The lowest BCUT2D eigenvalue weighted by Gasteiger charge is -2.17. The van der Waals surface area contributed by atoms with Gasteiger partial charge in [0, 0.05) is 23.4 Å². The van der Waals surface area contributed by atoms with Gasteiger partial charge in [-0.25, -0.2) is 13.6 Å². The number of primary sulfonamides is 1. The molecule has 1 aromatic carbocycles. The van der Waals surface area contributed by atoms with Gasteiger partial charge in [0.1, 0.15) is 5.76 Å². The van der Waals surface area contributed by atoms with Gasteiger partial charge < -0.3 is 4.74 Å². The van der Waals surface area contributed by atoms with Crippen molar-refractivity contribution in [1.82, 2.24) is 9.78 Å². The first-order valence-electron chi connectivity index (χ1n) is 8.16. The Labute approximate surface area is 152 Å². The quantitative estimate of drug-likeness (QED) is 0.883. The summed E-state index contributed by atoms with van der Waals surface area (Å²) in [6.07, 6.45) is 3.44. The molecule has 0 unspecified atom stereocenters. The average molecular weight is 375 g/mol. The number of hydrogen-bond acceptors (Lipinski definition) is 5. The van der Waals surface area contributed by atoms with Crippen molar-refractivity contribution in [3.63, 3.8) is 0 Å². The summed E-state index contributed by atoms with van der Waals surface area (Å²) in [6, 6.07) is 6.11. The molecule has 1 aromatic heterocycles. The summed E-state index contributed by atoms with van der Waals surface area (Å²) in [5.41, 5.74) is 0.692. The number of ketones is 1. The Morgan fingerprint density at radius 1 is 1.15 bits per heavy atom. The maximum atomic E-state index is 12.9. The summed E-state index contributed by atoms with van der Waals surface area (Å²) >= 11 is 0. The third-order valence-corrected chi connectivity index (χ3v) is 5.15. The van der Waals surface area contributed by atoms with Crippen molar-refractivity contribution in [3.8, 4) is 0 Å². The van der Waals surface area contributed by atoms with Crippen molar-refractivity contribution in [3.05, 3.63) is 47.8 Å². The van der Waals surface area contributed by atoms with Crippen LogP contribution in [0.5, 0.6) is 0 Å². The Balaban J connectivity index is 2.13. The van der Waals surface area contributed by atoms with E-state index in [1.807, 2.05) is 13.8 Å². The van der Waals surface area contributed by atoms with E-state index in [9.17, 15) is 13.2 Å². The van der Waals surface area contributed by atoms with Gasteiger partial charge in [0.15, 0.2) is 5.60 Å². The molecular weight excluding hydrogens is 354 g/mol. The molecule has 0 fully saturated rings. The van der Waals surface area contributed by atoms with Crippen LogP contribution < -0.4 is 5.14 Å². The smallest absolute Gasteiger partial charge is 0.238 e. The van der Waals surface area contributed by atoms with Crippen LogP contribution in [-0.2, 0) is 19.6 Å². The first-order chi connectivity index (χ1) is 12.0. The summed E-state index contributed by atoms with van der Waals surface area (Å²) in [4.78, 5) is 12.9. The largest absolute Gasteiger partial charge is 0.478 e. The Hall–Kier alpha value is -2.45. The molecule has 1 aliphatic heterocycles. The zero-order chi connectivity index (χ0) is 19.3. The van der Waals surface area contributed by atoms with Crippen LogP contribution in [0, 0.1) is 0 Å². The number of hydrogen-bond donors (Lipinski definition) is 1. The van der Waals surface area contributed by atoms with Crippen LogP contribution in [-0.4, -0.2) is 29.6 Å². The fourth-order valence-electron chi connectivity index (χ4n) is 2.77. The van der Waals surface area contributed by atoms with E-state index in [4.69, 9.17) is 9.88 Å². The molecule has 138 valence electrons. The highest BCUT2D eigenvalue weighted by molar-refractivity contribution is 7.89. The van der Waals surface area contributed by atoms with Crippen molar-refractivity contribution in [1.29, 1.82) is 0 Å². The lowest BCUT2D eigenvalue weighted by Crippen LogP contribution is -2.29. The number of Topliss-reactive ketones (excluding diaryl/α,β-unsaturated/α-hetero) is 1. The summed E-state index contributed by atoms with van der Waals surface area (Å²) in [5, 5.41) is 9.43. The molecule has 0 saturated carbocycles. The van der Waals surface area contributed by atoms with E-state index in [2.05, 4.69) is 5.10 Å². The molecule has 0 atom stereocenters. The minimum absolute atomic E-state index is 0.000360. The molecule has 0 radical (unpaired) electrons. The molecule has 2 N–H and O–H groups in total. The number of ether oxygens (including phenoxy) is 1. The monoisotopic (exact) mass is 375 g/mol. The van der Waals surface area contributed by atoms with E-state index in [-0.39, 0.29) is 16.7 Å². The van der Waals surface area contributed by atoms with Crippen LogP contribution in [0.3, 0.4) is 0 Å². The van der Waals surface area contributed by atoms with Crippen LogP contribution >= 0.6 is 0 Å². The van der Waals surface area contributed by atoms with E-state index < -0.39 is 15.6 Å². The maximum absolute atomic E-state index is 12.9. The Kier molecular flexibility index (Phi) is 4.28. The molecule has 0 bridgehead atoms. The molecule has 1 aliphatic rings. The first-order valence-corrected chi connectivity index (χ1v) is 9.71. The van der Waals surface area contributed by atoms with Gasteiger partial charge in [0.25, 0.3) is 0 Å². The molecule has 7 nitrogen and oxygen atoms in total. The van der Waals surface area contributed by atoms with E-state index >= 15 is 0 Å². The van der Waals surface area contributed by atoms with Crippen LogP contribution in [0.4, 0.5) is 0 Å². The fraction of sp³-hybridized carbons (Fsp3) is 0.333. The summed E-state index contributed by atoms with van der Waals surface area (Å²) < 4.78 is 30.6. The van der Waals surface area contributed by atoms with E-state index in [0.717, 1.165) is 0 Å². The second kappa shape index (κ2) is 6.07. The minimum Gasteiger partial charge on any atom is -0.478 e. The second-order valence-corrected chi connectivity index (χ2v) is 8.58. The van der Waals surface area contributed by atoms with Gasteiger partial charge >= 0.3 is 0 Å². The van der Waals surface area contributed by atoms with Crippen molar-refractivity contribution < 1.29 is 17.9 Å². The number of carbonyl (C=O) groups is 1. The molecule has 8 heteroatoms.